The number of benzene rings is 2. The lowest BCUT2D eigenvalue weighted by Gasteiger charge is -2.22. The molecule has 0 fully saturated rings. The highest BCUT2D eigenvalue weighted by atomic mass is 32.1. The molecule has 0 saturated carbocycles. The first-order chi connectivity index (χ1) is 12.3. The van der Waals surface area contributed by atoms with E-state index in [0.29, 0.717) is 12.1 Å². The molecule has 0 saturated heterocycles. The number of thiazole rings is 1. The molecule has 0 radical (unpaired) electrons. The topological polar surface area (TPSA) is 46.1 Å². The molecule has 0 unspecified atom stereocenters. The number of aromatic nitrogens is 2. The molecule has 0 spiro atoms. The smallest absolute Gasteiger partial charge is 0.260 e. The van der Waals surface area contributed by atoms with Gasteiger partial charge in [0.05, 0.1) is 17.6 Å². The molecule has 5 heteroatoms. The predicted octanol–water partition coefficient (Wildman–Crippen LogP) is 4.54. The van der Waals surface area contributed by atoms with Crippen molar-refractivity contribution in [2.45, 2.75) is 6.54 Å². The maximum Gasteiger partial charge on any atom is 0.260 e. The molecule has 122 valence electrons. The van der Waals surface area contributed by atoms with E-state index in [1.807, 2.05) is 66.0 Å². The summed E-state index contributed by atoms with van der Waals surface area (Å²) in [4.78, 5) is 23.8. The average Bonchev–Trinajstić information content (AvgIpc) is 3.19. The molecule has 0 atom stereocenters. The van der Waals surface area contributed by atoms with Gasteiger partial charge in [0, 0.05) is 28.8 Å². The van der Waals surface area contributed by atoms with E-state index in [9.17, 15) is 4.79 Å². The molecular weight excluding hydrogens is 330 g/mol. The van der Waals surface area contributed by atoms with Crippen LogP contribution in [0.4, 0.5) is 5.69 Å². The number of anilines is 1. The van der Waals surface area contributed by atoms with Gasteiger partial charge < -0.3 is 4.90 Å². The molecule has 4 aromatic rings. The Morgan fingerprint density at radius 2 is 1.76 bits per heavy atom. The highest BCUT2D eigenvalue weighted by Crippen LogP contribution is 2.24. The number of fused-ring (bicyclic) bond motifs is 1. The van der Waals surface area contributed by atoms with E-state index in [1.165, 1.54) is 0 Å². The van der Waals surface area contributed by atoms with Crippen LogP contribution in [0.15, 0.2) is 78.4 Å². The fourth-order valence-corrected chi connectivity index (χ4v) is 3.38. The fourth-order valence-electron chi connectivity index (χ4n) is 2.78. The van der Waals surface area contributed by atoms with Gasteiger partial charge >= 0.3 is 0 Å². The predicted molar refractivity (Wildman–Crippen MR) is 101 cm³/mol. The normalized spacial score (nSPS) is 10.7. The molecule has 2 aromatic carbocycles. The Kier molecular flexibility index (Phi) is 4.23. The van der Waals surface area contributed by atoms with Crippen LogP contribution >= 0.6 is 11.3 Å². The minimum atomic E-state index is -0.0781. The minimum Gasteiger partial charge on any atom is -0.301 e. The number of carbonyl (C=O) groups is 1. The highest BCUT2D eigenvalue weighted by Gasteiger charge is 2.21. The molecule has 2 aromatic heterocycles. The second kappa shape index (κ2) is 6.83. The number of carbonyl (C=O) groups excluding carboxylic acids is 1. The lowest BCUT2D eigenvalue weighted by atomic mass is 10.1. The Hall–Kier alpha value is -3.05. The van der Waals surface area contributed by atoms with Crippen molar-refractivity contribution in [3.8, 4) is 0 Å². The van der Waals surface area contributed by atoms with Crippen LogP contribution in [0.1, 0.15) is 15.4 Å². The van der Waals surface area contributed by atoms with Crippen molar-refractivity contribution < 1.29 is 4.79 Å². The van der Waals surface area contributed by atoms with E-state index >= 15 is 0 Å². The fraction of sp³-hybridized carbons (Fsp3) is 0.0500. The van der Waals surface area contributed by atoms with Crippen molar-refractivity contribution in [2.75, 3.05) is 4.90 Å². The monoisotopic (exact) mass is 345 g/mol. The van der Waals surface area contributed by atoms with E-state index in [2.05, 4.69) is 9.97 Å². The summed E-state index contributed by atoms with van der Waals surface area (Å²) < 4.78 is 0. The van der Waals surface area contributed by atoms with Gasteiger partial charge in [-0.3, -0.25) is 9.78 Å². The number of para-hydroxylation sites is 2. The Labute approximate surface area is 149 Å². The first kappa shape index (κ1) is 15.5. The lowest BCUT2D eigenvalue weighted by Crippen LogP contribution is -2.30. The van der Waals surface area contributed by atoms with Gasteiger partial charge in [0.25, 0.3) is 5.91 Å². The Morgan fingerprint density at radius 3 is 2.56 bits per heavy atom. The SMILES string of the molecule is O=C(c1cccc2cccnc12)N(Cc1nccs1)c1ccccc1. The molecule has 4 rings (SSSR count). The molecule has 0 N–H and O–H groups in total. The van der Waals surface area contributed by atoms with Crippen molar-refractivity contribution in [3.63, 3.8) is 0 Å². The number of hydrogen-bond donors (Lipinski definition) is 0. The second-order valence-corrected chi connectivity index (χ2v) is 6.51. The molecule has 0 aliphatic carbocycles. The van der Waals surface area contributed by atoms with Crippen molar-refractivity contribution in [1.82, 2.24) is 9.97 Å². The van der Waals surface area contributed by atoms with Gasteiger partial charge in [-0.1, -0.05) is 36.4 Å². The maximum atomic E-state index is 13.3. The number of amides is 1. The van der Waals surface area contributed by atoms with Crippen LogP contribution in [-0.2, 0) is 6.54 Å². The van der Waals surface area contributed by atoms with Crippen molar-refractivity contribution in [1.29, 1.82) is 0 Å². The molecular formula is C20H15N3OS. The van der Waals surface area contributed by atoms with E-state index in [1.54, 1.807) is 28.6 Å². The summed E-state index contributed by atoms with van der Waals surface area (Å²) in [6.07, 6.45) is 3.47. The quantitative estimate of drug-likeness (QED) is 0.545. The number of nitrogens with zero attached hydrogens (tertiary/aromatic N) is 3. The van der Waals surface area contributed by atoms with E-state index < -0.39 is 0 Å². The summed E-state index contributed by atoms with van der Waals surface area (Å²) in [5.41, 5.74) is 2.16. The van der Waals surface area contributed by atoms with E-state index in [0.717, 1.165) is 21.6 Å². The lowest BCUT2D eigenvalue weighted by molar-refractivity contribution is 0.0986. The van der Waals surface area contributed by atoms with Crippen LogP contribution in [0.3, 0.4) is 0 Å². The first-order valence-corrected chi connectivity index (χ1v) is 8.80. The molecule has 2 heterocycles. The van der Waals surface area contributed by atoms with Crippen LogP contribution < -0.4 is 4.90 Å². The minimum absolute atomic E-state index is 0.0781. The molecule has 0 aliphatic rings. The van der Waals surface area contributed by atoms with E-state index in [4.69, 9.17) is 0 Å². The number of hydrogen-bond acceptors (Lipinski definition) is 4. The third-order valence-electron chi connectivity index (χ3n) is 3.95. The standard InChI is InChI=1S/C20H15N3OS/c24-20(17-10-4-6-15-7-5-11-22-19(15)17)23(14-18-21-12-13-25-18)16-8-2-1-3-9-16/h1-13H,14H2. The van der Waals surface area contributed by atoms with Gasteiger partial charge in [0.1, 0.15) is 5.01 Å². The largest absolute Gasteiger partial charge is 0.301 e. The highest BCUT2D eigenvalue weighted by molar-refractivity contribution is 7.09. The van der Waals surface area contributed by atoms with Crippen LogP contribution in [-0.4, -0.2) is 15.9 Å². The van der Waals surface area contributed by atoms with Gasteiger partial charge in [-0.2, -0.15) is 0 Å². The summed E-state index contributed by atoms with van der Waals surface area (Å²) in [7, 11) is 0. The Bertz CT molecular complexity index is 995. The Balaban J connectivity index is 1.79. The van der Waals surface area contributed by atoms with Gasteiger partial charge in [0.15, 0.2) is 0 Å². The van der Waals surface area contributed by atoms with Gasteiger partial charge in [0.2, 0.25) is 0 Å². The number of rotatable bonds is 4. The summed E-state index contributed by atoms with van der Waals surface area (Å²) in [6, 6.07) is 19.2. The molecule has 25 heavy (non-hydrogen) atoms. The van der Waals surface area contributed by atoms with Crippen LogP contribution in [0.2, 0.25) is 0 Å². The molecule has 4 nitrogen and oxygen atoms in total. The summed E-state index contributed by atoms with van der Waals surface area (Å²) in [5, 5.41) is 3.77. The van der Waals surface area contributed by atoms with Gasteiger partial charge in [-0.25, -0.2) is 4.98 Å². The maximum absolute atomic E-state index is 13.3. The number of pyridine rings is 1. The molecule has 0 aliphatic heterocycles. The zero-order valence-electron chi connectivity index (χ0n) is 13.4. The van der Waals surface area contributed by atoms with Crippen LogP contribution in [0.25, 0.3) is 10.9 Å². The van der Waals surface area contributed by atoms with E-state index in [-0.39, 0.29) is 5.91 Å². The van der Waals surface area contributed by atoms with Gasteiger partial charge in [-0.15, -0.1) is 11.3 Å². The third kappa shape index (κ3) is 3.14. The molecule has 0 bridgehead atoms. The summed E-state index contributed by atoms with van der Waals surface area (Å²) in [6.45, 7) is 0.434. The van der Waals surface area contributed by atoms with Crippen LogP contribution in [0, 0.1) is 0 Å². The zero-order valence-corrected chi connectivity index (χ0v) is 14.2. The first-order valence-electron chi connectivity index (χ1n) is 7.92. The zero-order chi connectivity index (χ0) is 17.1. The third-order valence-corrected chi connectivity index (χ3v) is 4.72. The summed E-state index contributed by atoms with van der Waals surface area (Å²) in [5.74, 6) is -0.0781. The average molecular weight is 345 g/mol. The van der Waals surface area contributed by atoms with Crippen molar-refractivity contribution in [2.24, 2.45) is 0 Å². The van der Waals surface area contributed by atoms with Crippen LogP contribution in [0.5, 0.6) is 0 Å². The van der Waals surface area contributed by atoms with Crippen molar-refractivity contribution in [3.05, 3.63) is 89.0 Å². The summed E-state index contributed by atoms with van der Waals surface area (Å²) >= 11 is 1.54. The molecule has 1 amide bonds. The Morgan fingerprint density at radius 1 is 0.920 bits per heavy atom. The van der Waals surface area contributed by atoms with Gasteiger partial charge in [-0.05, 0) is 24.3 Å². The second-order valence-electron chi connectivity index (χ2n) is 5.53. The van der Waals surface area contributed by atoms with Crippen molar-refractivity contribution >= 4 is 33.8 Å².